The van der Waals surface area contributed by atoms with Crippen LogP contribution in [0.4, 0.5) is 5.69 Å². The Morgan fingerprint density at radius 2 is 2.13 bits per heavy atom. The zero-order valence-corrected chi connectivity index (χ0v) is 7.97. The van der Waals surface area contributed by atoms with Crippen molar-refractivity contribution in [1.29, 1.82) is 5.26 Å². The molecule has 0 aliphatic rings. The van der Waals surface area contributed by atoms with Crippen LogP contribution in [0.5, 0.6) is 0 Å². The number of aliphatic carboxylic acids is 1. The molecule has 0 radical (unpaired) electrons. The minimum Gasteiger partial charge on any atom is -0.474 e. The van der Waals surface area contributed by atoms with Gasteiger partial charge in [-0.3, -0.25) is 4.79 Å². The highest BCUT2D eigenvalue weighted by atomic mass is 16.4. The number of rotatable bonds is 1. The Kier molecular flexibility index (Phi) is 3.03. The Hall–Kier alpha value is -2.35. The van der Waals surface area contributed by atoms with E-state index in [1.54, 1.807) is 18.2 Å². The summed E-state index contributed by atoms with van der Waals surface area (Å²) in [7, 11) is 1.34. The Morgan fingerprint density at radius 3 is 2.67 bits per heavy atom. The van der Waals surface area contributed by atoms with Gasteiger partial charge in [0.1, 0.15) is 0 Å². The van der Waals surface area contributed by atoms with Crippen molar-refractivity contribution in [1.82, 2.24) is 0 Å². The molecule has 0 bridgehead atoms. The minimum absolute atomic E-state index is 0.373. The summed E-state index contributed by atoms with van der Waals surface area (Å²) in [6.45, 7) is 0. The van der Waals surface area contributed by atoms with E-state index in [0.29, 0.717) is 11.3 Å². The molecule has 5 nitrogen and oxygen atoms in total. The average molecular weight is 204 g/mol. The zero-order chi connectivity index (χ0) is 11.4. The Balaban J connectivity index is 3.02. The number of amides is 1. The number of carboxylic acid groups (broad SMARTS) is 1. The minimum atomic E-state index is -1.53. The van der Waals surface area contributed by atoms with Crippen LogP contribution in [0.25, 0.3) is 0 Å². The molecule has 0 aromatic heterocycles. The number of benzene rings is 1. The lowest BCUT2D eigenvalue weighted by Crippen LogP contribution is -2.32. The predicted octanol–water partition coefficient (Wildman–Crippen LogP) is 0.606. The van der Waals surface area contributed by atoms with Crippen LogP contribution in [0.2, 0.25) is 0 Å². The van der Waals surface area contributed by atoms with Crippen LogP contribution in [-0.2, 0) is 9.59 Å². The van der Waals surface area contributed by atoms with Gasteiger partial charge in [-0.2, -0.15) is 5.26 Å². The largest absolute Gasteiger partial charge is 0.474 e. The molecular formula is C10H8N2O3. The van der Waals surface area contributed by atoms with Crippen LogP contribution in [0.15, 0.2) is 24.3 Å². The highest BCUT2D eigenvalue weighted by molar-refractivity contribution is 6.37. The van der Waals surface area contributed by atoms with Crippen molar-refractivity contribution >= 4 is 17.6 Å². The Morgan fingerprint density at radius 1 is 1.47 bits per heavy atom. The van der Waals surface area contributed by atoms with Gasteiger partial charge in [-0.15, -0.1) is 0 Å². The fraction of sp³-hybridized carbons (Fsp3) is 0.100. The molecule has 76 valence electrons. The zero-order valence-electron chi connectivity index (χ0n) is 7.97. The summed E-state index contributed by atoms with van der Waals surface area (Å²) in [5.74, 6) is -2.56. The molecular weight excluding hydrogens is 196 g/mol. The number of nitrogens with zero attached hydrogens (tertiary/aromatic N) is 2. The van der Waals surface area contributed by atoms with Gasteiger partial charge in [0.25, 0.3) is 0 Å². The monoisotopic (exact) mass is 204 g/mol. The van der Waals surface area contributed by atoms with Crippen molar-refractivity contribution in [2.75, 3.05) is 11.9 Å². The van der Waals surface area contributed by atoms with E-state index in [-0.39, 0.29) is 0 Å². The third-order valence-electron chi connectivity index (χ3n) is 1.85. The molecule has 5 heteroatoms. The molecule has 0 saturated carbocycles. The second-order valence-corrected chi connectivity index (χ2v) is 2.83. The van der Waals surface area contributed by atoms with Gasteiger partial charge in [0.05, 0.1) is 11.6 Å². The van der Waals surface area contributed by atoms with Crippen molar-refractivity contribution in [3.8, 4) is 6.07 Å². The first-order valence-corrected chi connectivity index (χ1v) is 4.07. The van der Waals surface area contributed by atoms with Gasteiger partial charge in [0.15, 0.2) is 0 Å². The van der Waals surface area contributed by atoms with Crippen molar-refractivity contribution in [3.63, 3.8) is 0 Å². The fourth-order valence-electron chi connectivity index (χ4n) is 1.04. The standard InChI is InChI=1S/C10H8N2O3/c1-12(9(13)10(14)15)8-4-2-3-7(5-8)6-11/h2-5H,1H3,(H,14,15). The summed E-state index contributed by atoms with van der Waals surface area (Å²) in [5.41, 5.74) is 0.749. The van der Waals surface area contributed by atoms with Gasteiger partial charge in [-0.05, 0) is 18.2 Å². The summed E-state index contributed by atoms with van der Waals surface area (Å²) in [6, 6.07) is 8.06. The van der Waals surface area contributed by atoms with E-state index in [1.165, 1.54) is 13.1 Å². The van der Waals surface area contributed by atoms with E-state index in [4.69, 9.17) is 10.4 Å². The molecule has 0 aliphatic heterocycles. The van der Waals surface area contributed by atoms with E-state index < -0.39 is 11.9 Å². The van der Waals surface area contributed by atoms with Crippen molar-refractivity contribution < 1.29 is 14.7 Å². The van der Waals surface area contributed by atoms with Gasteiger partial charge >= 0.3 is 11.9 Å². The first kappa shape index (κ1) is 10.7. The maximum Gasteiger partial charge on any atom is 0.394 e. The summed E-state index contributed by atoms with van der Waals surface area (Å²) < 4.78 is 0. The molecule has 1 aromatic carbocycles. The van der Waals surface area contributed by atoms with E-state index in [1.807, 2.05) is 6.07 Å². The van der Waals surface area contributed by atoms with E-state index >= 15 is 0 Å². The van der Waals surface area contributed by atoms with Crippen molar-refractivity contribution in [2.24, 2.45) is 0 Å². The first-order chi connectivity index (χ1) is 7.06. The number of carbonyl (C=O) groups is 2. The molecule has 15 heavy (non-hydrogen) atoms. The van der Waals surface area contributed by atoms with E-state index in [2.05, 4.69) is 0 Å². The SMILES string of the molecule is CN(C(=O)C(=O)O)c1cccc(C#N)c1. The molecule has 0 aliphatic carbocycles. The number of anilines is 1. The number of carboxylic acids is 1. The summed E-state index contributed by atoms with van der Waals surface area (Å²) in [4.78, 5) is 22.5. The highest BCUT2D eigenvalue weighted by Gasteiger charge is 2.18. The molecule has 1 aromatic rings. The summed E-state index contributed by atoms with van der Waals surface area (Å²) in [6.07, 6.45) is 0. The fourth-order valence-corrected chi connectivity index (χ4v) is 1.04. The van der Waals surface area contributed by atoms with Crippen molar-refractivity contribution in [2.45, 2.75) is 0 Å². The second kappa shape index (κ2) is 4.24. The Labute approximate surface area is 86.2 Å². The predicted molar refractivity (Wildman–Crippen MR) is 52.2 cm³/mol. The molecule has 0 unspecified atom stereocenters. The average Bonchev–Trinajstić information content (AvgIpc) is 2.27. The van der Waals surface area contributed by atoms with Crippen LogP contribution in [-0.4, -0.2) is 24.0 Å². The lowest BCUT2D eigenvalue weighted by atomic mass is 10.2. The maximum atomic E-state index is 11.1. The maximum absolute atomic E-state index is 11.1. The number of nitriles is 1. The Bertz CT molecular complexity index is 448. The third kappa shape index (κ3) is 2.31. The molecule has 0 saturated heterocycles. The molecule has 1 rings (SSSR count). The van der Waals surface area contributed by atoms with Gasteiger partial charge in [-0.1, -0.05) is 6.07 Å². The van der Waals surface area contributed by atoms with Crippen LogP contribution < -0.4 is 4.90 Å². The number of hydrogen-bond acceptors (Lipinski definition) is 3. The van der Waals surface area contributed by atoms with Gasteiger partial charge in [-0.25, -0.2) is 4.79 Å². The third-order valence-corrected chi connectivity index (χ3v) is 1.85. The number of hydrogen-bond donors (Lipinski definition) is 1. The lowest BCUT2D eigenvalue weighted by molar-refractivity contribution is -0.148. The van der Waals surface area contributed by atoms with Gasteiger partial charge in [0.2, 0.25) is 0 Å². The molecule has 0 fully saturated rings. The van der Waals surface area contributed by atoms with Crippen LogP contribution in [0.3, 0.4) is 0 Å². The van der Waals surface area contributed by atoms with Gasteiger partial charge in [0, 0.05) is 12.7 Å². The van der Waals surface area contributed by atoms with Gasteiger partial charge < -0.3 is 10.0 Å². The number of carbonyl (C=O) groups excluding carboxylic acids is 1. The van der Waals surface area contributed by atoms with Crippen LogP contribution in [0.1, 0.15) is 5.56 Å². The summed E-state index contributed by atoms with van der Waals surface area (Å²) >= 11 is 0. The van der Waals surface area contributed by atoms with E-state index in [9.17, 15) is 9.59 Å². The molecule has 1 amide bonds. The molecule has 0 heterocycles. The smallest absolute Gasteiger partial charge is 0.394 e. The number of likely N-dealkylation sites (N-methyl/N-ethyl adjacent to an activating group) is 1. The van der Waals surface area contributed by atoms with Crippen LogP contribution >= 0.6 is 0 Å². The molecule has 1 N–H and O–H groups in total. The molecule has 0 atom stereocenters. The topological polar surface area (TPSA) is 81.4 Å². The second-order valence-electron chi connectivity index (χ2n) is 2.83. The van der Waals surface area contributed by atoms with Crippen LogP contribution in [0, 0.1) is 11.3 Å². The molecule has 0 spiro atoms. The quantitative estimate of drug-likeness (QED) is 0.679. The lowest BCUT2D eigenvalue weighted by Gasteiger charge is -2.14. The van der Waals surface area contributed by atoms with Crippen molar-refractivity contribution in [3.05, 3.63) is 29.8 Å². The highest BCUT2D eigenvalue weighted by Crippen LogP contribution is 2.14. The van der Waals surface area contributed by atoms with E-state index in [0.717, 1.165) is 4.90 Å². The summed E-state index contributed by atoms with van der Waals surface area (Å²) in [5, 5.41) is 17.1. The normalized spacial score (nSPS) is 9.07. The first-order valence-electron chi connectivity index (χ1n) is 4.07.